The van der Waals surface area contributed by atoms with Crippen LogP contribution in [0.2, 0.25) is 0 Å². The molecule has 2 fully saturated rings. The van der Waals surface area contributed by atoms with E-state index in [0.29, 0.717) is 5.56 Å². The van der Waals surface area contributed by atoms with Crippen molar-refractivity contribution in [1.29, 1.82) is 0 Å². The molecule has 9 atom stereocenters. The Bertz CT molecular complexity index is 2020. The third kappa shape index (κ3) is 11.9. The molecule has 1 aromatic carbocycles. The van der Waals surface area contributed by atoms with Crippen LogP contribution in [0.1, 0.15) is 83.4 Å². The van der Waals surface area contributed by atoms with Crippen LogP contribution in [-0.2, 0) is 38.3 Å². The molecule has 1 aromatic heterocycles. The number of likely N-dealkylation sites (N-methyl/N-ethyl adjacent to an activating group) is 3. The maximum Gasteiger partial charge on any atom is 0.333 e. The summed E-state index contributed by atoms with van der Waals surface area (Å²) in [5.41, 5.74) is -0.145. The first kappa shape index (κ1) is 49.5. The number of amides is 7. The van der Waals surface area contributed by atoms with Gasteiger partial charge < -0.3 is 50.5 Å². The standard InChI is InChI=1S/C44H62N8O11/c1-23(2)19-30-42(60)52-21-29(53)20-31(52)43(61)49(8)22-33(55)50(9)36(25(5)24(3)4)40(58)46-26(6)41(59)51(10)37(28-15-12-11-13-16-28)44(62)63-27(7)34(38(56)47-30)48-39(57)35-32(54)17-14-18-45-35/h11-18,23-27,29-31,34,36-37,53-54H,19-22H2,1-10H3,(H,46,58)(H,47,56)(H,48,57)/t25-,26-,27+,29+,30+,31+,34?,36-,37-/m0/s1. The molecule has 19 nitrogen and oxygen atoms in total. The van der Waals surface area contributed by atoms with E-state index in [1.165, 1.54) is 58.2 Å². The van der Waals surface area contributed by atoms with Crippen molar-refractivity contribution >= 4 is 47.3 Å². The number of pyridine rings is 1. The number of carbonyl (C=O) groups is 8. The van der Waals surface area contributed by atoms with Gasteiger partial charge in [0.05, 0.1) is 12.6 Å². The van der Waals surface area contributed by atoms with Gasteiger partial charge in [0.1, 0.15) is 42.1 Å². The number of carbonyl (C=O) groups excluding carboxylic acids is 8. The Balaban J connectivity index is 1.86. The molecule has 0 aliphatic carbocycles. The molecule has 2 aliphatic rings. The molecule has 3 heterocycles. The fourth-order valence-electron chi connectivity index (χ4n) is 7.82. The van der Waals surface area contributed by atoms with Crippen molar-refractivity contribution in [3.63, 3.8) is 0 Å². The summed E-state index contributed by atoms with van der Waals surface area (Å²) in [5.74, 6) is -7.75. The van der Waals surface area contributed by atoms with Gasteiger partial charge in [-0.1, -0.05) is 65.0 Å². The first-order valence-electron chi connectivity index (χ1n) is 21.1. The minimum Gasteiger partial charge on any atom is -0.505 e. The summed E-state index contributed by atoms with van der Waals surface area (Å²) >= 11 is 0. The van der Waals surface area contributed by atoms with Crippen LogP contribution in [0.3, 0.4) is 0 Å². The number of hydrogen-bond acceptors (Lipinski definition) is 12. The third-order valence-electron chi connectivity index (χ3n) is 11.7. The van der Waals surface area contributed by atoms with E-state index in [9.17, 15) is 48.6 Å². The number of hydrogen-bond donors (Lipinski definition) is 5. The molecule has 1 unspecified atom stereocenters. The average molecular weight is 879 g/mol. The molecule has 5 N–H and O–H groups in total. The number of cyclic esters (lactones) is 1. The number of aromatic nitrogens is 1. The molecule has 0 saturated carbocycles. The average Bonchev–Trinajstić information content (AvgIpc) is 3.62. The maximum atomic E-state index is 14.5. The van der Waals surface area contributed by atoms with Crippen molar-refractivity contribution in [2.75, 3.05) is 34.2 Å². The molecule has 344 valence electrons. The van der Waals surface area contributed by atoms with Crippen LogP contribution in [0.4, 0.5) is 0 Å². The van der Waals surface area contributed by atoms with E-state index in [4.69, 9.17) is 4.74 Å². The summed E-state index contributed by atoms with van der Waals surface area (Å²) in [4.78, 5) is 122. The zero-order valence-corrected chi connectivity index (χ0v) is 37.6. The number of benzene rings is 1. The van der Waals surface area contributed by atoms with Crippen LogP contribution in [-0.4, -0.2) is 159 Å². The van der Waals surface area contributed by atoms with Crippen LogP contribution in [0.25, 0.3) is 0 Å². The van der Waals surface area contributed by atoms with Crippen molar-refractivity contribution in [1.82, 2.24) is 40.5 Å². The van der Waals surface area contributed by atoms with Gasteiger partial charge in [0.25, 0.3) is 5.91 Å². The number of esters is 1. The zero-order valence-electron chi connectivity index (χ0n) is 37.6. The van der Waals surface area contributed by atoms with Gasteiger partial charge in [-0.05, 0) is 55.7 Å². The van der Waals surface area contributed by atoms with E-state index in [2.05, 4.69) is 20.9 Å². The topological polar surface area (TPSA) is 248 Å². The Hall–Kier alpha value is -6.11. The molecule has 4 rings (SSSR count). The van der Waals surface area contributed by atoms with E-state index < -0.39 is 120 Å². The number of aliphatic hydroxyl groups is 1. The van der Waals surface area contributed by atoms with Gasteiger partial charge in [0.2, 0.25) is 35.4 Å². The summed E-state index contributed by atoms with van der Waals surface area (Å²) in [5, 5.41) is 29.1. The third-order valence-corrected chi connectivity index (χ3v) is 11.7. The minimum atomic E-state index is -1.74. The molecule has 19 heteroatoms. The SMILES string of the molecule is CC(C)C[C@H]1NC(=O)C(NC(=O)c2ncccc2O)[C@@H](C)OC(=O)[C@H](c2ccccc2)N(C)C(=O)[C@H](C)NC(=O)[C@H]([C@@H](C)C(C)C)N(C)C(=O)CN(C)C(=O)[C@H]2C[C@@H](O)CN2C1=O. The second kappa shape index (κ2) is 21.3. The number of nitrogens with zero attached hydrogens (tertiary/aromatic N) is 5. The highest BCUT2D eigenvalue weighted by molar-refractivity contribution is 6.00. The molecular weight excluding hydrogens is 817 g/mol. The van der Waals surface area contributed by atoms with Crippen molar-refractivity contribution in [2.45, 2.75) is 110 Å². The quantitative estimate of drug-likeness (QED) is 0.240. The Morgan fingerprint density at radius 3 is 2.13 bits per heavy atom. The highest BCUT2D eigenvalue weighted by atomic mass is 16.5. The van der Waals surface area contributed by atoms with E-state index in [1.54, 1.807) is 51.1 Å². The second-order valence-corrected chi connectivity index (χ2v) is 17.3. The Morgan fingerprint density at radius 1 is 0.873 bits per heavy atom. The fourth-order valence-corrected chi connectivity index (χ4v) is 7.82. The van der Waals surface area contributed by atoms with E-state index in [0.717, 1.165) is 14.7 Å². The van der Waals surface area contributed by atoms with Gasteiger partial charge in [-0.2, -0.15) is 0 Å². The summed E-state index contributed by atoms with van der Waals surface area (Å²) in [6.07, 6.45) is -1.52. The van der Waals surface area contributed by atoms with Gasteiger partial charge >= 0.3 is 5.97 Å². The lowest BCUT2D eigenvalue weighted by atomic mass is 9.88. The minimum absolute atomic E-state index is 0.0335. The smallest absolute Gasteiger partial charge is 0.333 e. The Kier molecular flexibility index (Phi) is 16.8. The van der Waals surface area contributed by atoms with E-state index in [-0.39, 0.29) is 31.2 Å². The van der Waals surface area contributed by atoms with Crippen LogP contribution in [0, 0.1) is 17.8 Å². The van der Waals surface area contributed by atoms with Crippen molar-refractivity contribution < 1.29 is 53.3 Å². The number of ether oxygens (including phenoxy) is 1. The second-order valence-electron chi connectivity index (χ2n) is 17.3. The lowest BCUT2D eigenvalue weighted by molar-refractivity contribution is -0.161. The molecule has 2 aromatic rings. The maximum absolute atomic E-state index is 14.5. The fraction of sp³-hybridized carbons (Fsp3) is 0.568. The monoisotopic (exact) mass is 878 g/mol. The molecule has 0 radical (unpaired) electrons. The molecule has 2 saturated heterocycles. The lowest BCUT2D eigenvalue weighted by Crippen LogP contribution is -2.60. The van der Waals surface area contributed by atoms with E-state index in [1.807, 2.05) is 13.8 Å². The molecule has 0 bridgehead atoms. The number of fused-ring (bicyclic) bond motifs is 1. The van der Waals surface area contributed by atoms with Gasteiger partial charge in [0.15, 0.2) is 11.7 Å². The van der Waals surface area contributed by atoms with Crippen molar-refractivity contribution in [3.8, 4) is 5.75 Å². The predicted molar refractivity (Wildman–Crippen MR) is 228 cm³/mol. The van der Waals surface area contributed by atoms with Gasteiger partial charge in [0, 0.05) is 40.3 Å². The van der Waals surface area contributed by atoms with E-state index >= 15 is 0 Å². The summed E-state index contributed by atoms with van der Waals surface area (Å²) in [6, 6.07) is 2.60. The molecule has 63 heavy (non-hydrogen) atoms. The van der Waals surface area contributed by atoms with Crippen molar-refractivity contribution in [2.24, 2.45) is 17.8 Å². The number of aliphatic hydroxyl groups excluding tert-OH is 1. The number of rotatable bonds is 7. The summed E-state index contributed by atoms with van der Waals surface area (Å²) < 4.78 is 5.91. The van der Waals surface area contributed by atoms with Crippen LogP contribution in [0.15, 0.2) is 48.7 Å². The highest BCUT2D eigenvalue weighted by Gasteiger charge is 2.45. The van der Waals surface area contributed by atoms with Crippen LogP contribution in [0.5, 0.6) is 5.75 Å². The number of aromatic hydroxyl groups is 1. The zero-order chi connectivity index (χ0) is 47.0. The molecule has 2 aliphatic heterocycles. The predicted octanol–water partition coefficient (Wildman–Crippen LogP) is 0.606. The van der Waals surface area contributed by atoms with Crippen molar-refractivity contribution in [3.05, 3.63) is 59.9 Å². The van der Waals surface area contributed by atoms with Crippen LogP contribution >= 0.6 is 0 Å². The number of nitrogens with one attached hydrogen (secondary N) is 3. The molecule has 0 spiro atoms. The van der Waals surface area contributed by atoms with Gasteiger partial charge in [-0.15, -0.1) is 0 Å². The van der Waals surface area contributed by atoms with Gasteiger partial charge in [-0.25, -0.2) is 9.78 Å². The summed E-state index contributed by atoms with van der Waals surface area (Å²) in [6.45, 7) is 11.1. The normalized spacial score (nSPS) is 27.0. The highest BCUT2D eigenvalue weighted by Crippen LogP contribution is 2.26. The first-order valence-corrected chi connectivity index (χ1v) is 21.1. The Labute approximate surface area is 367 Å². The Morgan fingerprint density at radius 2 is 1.52 bits per heavy atom. The summed E-state index contributed by atoms with van der Waals surface area (Å²) in [7, 11) is 4.13. The van der Waals surface area contributed by atoms with Gasteiger partial charge in [-0.3, -0.25) is 33.6 Å². The van der Waals surface area contributed by atoms with Crippen LogP contribution < -0.4 is 16.0 Å². The largest absolute Gasteiger partial charge is 0.505 e. The first-order chi connectivity index (χ1) is 29.5. The molecular formula is C44H62N8O11. The molecule has 7 amide bonds. The lowest BCUT2D eigenvalue weighted by Gasteiger charge is -2.37.